The van der Waals surface area contributed by atoms with Gasteiger partial charge >= 0.3 is 0 Å². The van der Waals surface area contributed by atoms with Gasteiger partial charge in [0.2, 0.25) is 0 Å². The number of benzene rings is 1. The van der Waals surface area contributed by atoms with Crippen LogP contribution < -0.4 is 5.32 Å². The predicted molar refractivity (Wildman–Crippen MR) is 77.0 cm³/mol. The first kappa shape index (κ1) is 11.4. The first-order valence-corrected chi connectivity index (χ1v) is 6.92. The monoisotopic (exact) mass is 257 g/mol. The molecule has 0 saturated heterocycles. The second-order valence-electron chi connectivity index (χ2n) is 4.23. The molecular formula is C14H15N3S. The third-order valence-electron chi connectivity index (χ3n) is 3.01. The molecule has 0 fully saturated rings. The van der Waals surface area contributed by atoms with Crippen LogP contribution in [0.25, 0.3) is 22.2 Å². The molecule has 3 aromatic rings. The lowest BCUT2D eigenvalue weighted by molar-refractivity contribution is 0.788. The van der Waals surface area contributed by atoms with Crippen molar-refractivity contribution in [2.45, 2.75) is 6.42 Å². The van der Waals surface area contributed by atoms with E-state index >= 15 is 0 Å². The molecule has 0 aliphatic carbocycles. The fourth-order valence-electron chi connectivity index (χ4n) is 2.06. The van der Waals surface area contributed by atoms with E-state index in [0.717, 1.165) is 24.2 Å². The molecule has 0 bridgehead atoms. The number of nitrogens with one attached hydrogen (secondary N) is 2. The highest BCUT2D eigenvalue weighted by molar-refractivity contribution is 7.10. The molecule has 0 saturated carbocycles. The number of thiazole rings is 1. The van der Waals surface area contributed by atoms with Gasteiger partial charge in [0.1, 0.15) is 0 Å². The van der Waals surface area contributed by atoms with Gasteiger partial charge in [0.05, 0.1) is 10.7 Å². The molecule has 0 aliphatic rings. The van der Waals surface area contributed by atoms with Gasteiger partial charge in [-0.05, 0) is 13.1 Å². The average molecular weight is 257 g/mol. The van der Waals surface area contributed by atoms with Crippen LogP contribution in [-0.2, 0) is 6.42 Å². The highest BCUT2D eigenvalue weighted by atomic mass is 32.1. The van der Waals surface area contributed by atoms with Gasteiger partial charge in [-0.3, -0.25) is 0 Å². The molecule has 18 heavy (non-hydrogen) atoms. The van der Waals surface area contributed by atoms with Crippen molar-refractivity contribution < 1.29 is 0 Å². The van der Waals surface area contributed by atoms with Crippen LogP contribution in [0.5, 0.6) is 0 Å². The van der Waals surface area contributed by atoms with E-state index in [0.29, 0.717) is 0 Å². The molecule has 0 atom stereocenters. The molecule has 3 nitrogen and oxygen atoms in total. The highest BCUT2D eigenvalue weighted by Gasteiger charge is 2.09. The summed E-state index contributed by atoms with van der Waals surface area (Å²) in [5, 5.41) is 7.71. The molecule has 92 valence electrons. The van der Waals surface area contributed by atoms with E-state index in [1.165, 1.54) is 16.0 Å². The Labute approximate surface area is 110 Å². The Kier molecular flexibility index (Phi) is 3.13. The molecular weight excluding hydrogens is 242 g/mol. The summed E-state index contributed by atoms with van der Waals surface area (Å²) in [5.74, 6) is 0. The Hall–Kier alpha value is -1.65. The number of para-hydroxylation sites is 1. The first-order chi connectivity index (χ1) is 8.88. The Bertz CT molecular complexity index is 654. The average Bonchev–Trinajstić information content (AvgIpc) is 3.02. The Balaban J connectivity index is 1.96. The van der Waals surface area contributed by atoms with Crippen molar-refractivity contribution in [3.05, 3.63) is 40.8 Å². The maximum atomic E-state index is 4.70. The summed E-state index contributed by atoms with van der Waals surface area (Å²) in [4.78, 5) is 7.99. The summed E-state index contributed by atoms with van der Waals surface area (Å²) in [6, 6.07) is 8.33. The lowest BCUT2D eigenvalue weighted by atomic mass is 10.1. The fourth-order valence-corrected chi connectivity index (χ4v) is 2.86. The number of rotatable bonds is 4. The Morgan fingerprint density at radius 3 is 3.11 bits per heavy atom. The summed E-state index contributed by atoms with van der Waals surface area (Å²) in [6.07, 6.45) is 3.03. The minimum Gasteiger partial charge on any atom is -0.360 e. The molecule has 0 unspecified atom stereocenters. The van der Waals surface area contributed by atoms with Crippen molar-refractivity contribution in [2.24, 2.45) is 0 Å². The lowest BCUT2D eigenvalue weighted by Crippen LogP contribution is -2.09. The topological polar surface area (TPSA) is 40.7 Å². The second kappa shape index (κ2) is 4.92. The van der Waals surface area contributed by atoms with E-state index in [9.17, 15) is 0 Å². The van der Waals surface area contributed by atoms with Gasteiger partial charge < -0.3 is 10.3 Å². The number of fused-ring (bicyclic) bond motifs is 1. The van der Waals surface area contributed by atoms with Crippen LogP contribution in [0, 0.1) is 0 Å². The van der Waals surface area contributed by atoms with E-state index in [4.69, 9.17) is 4.98 Å². The normalized spacial score (nSPS) is 11.2. The minimum absolute atomic E-state index is 0.973. The quantitative estimate of drug-likeness (QED) is 0.754. The fraction of sp³-hybridized carbons (Fsp3) is 0.214. The van der Waals surface area contributed by atoms with E-state index in [-0.39, 0.29) is 0 Å². The molecule has 2 aromatic heterocycles. The lowest BCUT2D eigenvalue weighted by Gasteiger charge is -1.95. The van der Waals surface area contributed by atoms with Crippen molar-refractivity contribution in [1.29, 1.82) is 0 Å². The summed E-state index contributed by atoms with van der Waals surface area (Å²) in [6.45, 7) is 0.973. The van der Waals surface area contributed by atoms with Crippen LogP contribution in [0.4, 0.5) is 0 Å². The van der Waals surface area contributed by atoms with Gasteiger partial charge in [-0.15, -0.1) is 11.3 Å². The predicted octanol–water partition coefficient (Wildman–Crippen LogP) is 3.05. The Morgan fingerprint density at radius 2 is 2.22 bits per heavy atom. The van der Waals surface area contributed by atoms with Gasteiger partial charge in [-0.1, -0.05) is 18.2 Å². The van der Waals surface area contributed by atoms with Crippen molar-refractivity contribution >= 4 is 22.2 Å². The van der Waals surface area contributed by atoms with Crippen LogP contribution in [-0.4, -0.2) is 23.6 Å². The number of hydrogen-bond donors (Lipinski definition) is 2. The molecule has 0 spiro atoms. The van der Waals surface area contributed by atoms with Crippen LogP contribution in [0.2, 0.25) is 0 Å². The second-order valence-corrected chi connectivity index (χ2v) is 5.17. The molecule has 2 N–H and O–H groups in total. The molecule has 0 amide bonds. The number of H-pyrrole nitrogens is 1. The third-order valence-corrected chi connectivity index (χ3v) is 3.91. The zero-order valence-corrected chi connectivity index (χ0v) is 11.1. The number of aromatic amines is 1. The first-order valence-electron chi connectivity index (χ1n) is 6.04. The molecule has 4 heteroatoms. The van der Waals surface area contributed by atoms with Gasteiger partial charge in [0, 0.05) is 41.0 Å². The van der Waals surface area contributed by atoms with E-state index in [1.807, 2.05) is 19.3 Å². The Morgan fingerprint density at radius 1 is 1.33 bits per heavy atom. The molecule has 0 radical (unpaired) electrons. The molecule has 3 rings (SSSR count). The number of aromatic nitrogens is 2. The van der Waals surface area contributed by atoms with Gasteiger partial charge in [0.25, 0.3) is 0 Å². The summed E-state index contributed by atoms with van der Waals surface area (Å²) < 4.78 is 0. The van der Waals surface area contributed by atoms with Gasteiger partial charge in [0.15, 0.2) is 0 Å². The van der Waals surface area contributed by atoms with Crippen LogP contribution in [0.1, 0.15) is 5.01 Å². The molecule has 1 aromatic carbocycles. The summed E-state index contributed by atoms with van der Waals surface area (Å²) >= 11 is 1.73. The zero-order valence-electron chi connectivity index (χ0n) is 10.2. The number of hydrogen-bond acceptors (Lipinski definition) is 3. The highest BCUT2D eigenvalue weighted by Crippen LogP contribution is 2.29. The van der Waals surface area contributed by atoms with E-state index in [2.05, 4.69) is 33.9 Å². The van der Waals surface area contributed by atoms with Gasteiger partial charge in [-0.25, -0.2) is 4.98 Å². The van der Waals surface area contributed by atoms with Crippen molar-refractivity contribution in [2.75, 3.05) is 13.6 Å². The largest absolute Gasteiger partial charge is 0.360 e. The number of nitrogens with zero attached hydrogens (tertiary/aromatic N) is 1. The van der Waals surface area contributed by atoms with Gasteiger partial charge in [-0.2, -0.15) is 0 Å². The zero-order chi connectivity index (χ0) is 12.4. The SMILES string of the molecule is CNCCc1nc(-c2c[nH]c3ccccc23)cs1. The van der Waals surface area contributed by atoms with Crippen LogP contribution in [0.3, 0.4) is 0 Å². The van der Waals surface area contributed by atoms with Crippen LogP contribution in [0.15, 0.2) is 35.8 Å². The van der Waals surface area contributed by atoms with Crippen molar-refractivity contribution in [3.8, 4) is 11.3 Å². The molecule has 0 aliphatic heterocycles. The maximum absolute atomic E-state index is 4.70. The van der Waals surface area contributed by atoms with Crippen molar-refractivity contribution in [3.63, 3.8) is 0 Å². The molecule has 2 heterocycles. The summed E-state index contributed by atoms with van der Waals surface area (Å²) in [5.41, 5.74) is 3.43. The standard InChI is InChI=1S/C14H15N3S/c1-15-7-6-14-17-13(9-18-14)11-8-16-12-5-3-2-4-10(11)12/h2-5,8-9,15-16H,6-7H2,1H3. The van der Waals surface area contributed by atoms with Crippen LogP contribution >= 0.6 is 11.3 Å². The minimum atomic E-state index is 0.973. The van der Waals surface area contributed by atoms with E-state index in [1.54, 1.807) is 11.3 Å². The third kappa shape index (κ3) is 2.05. The number of likely N-dealkylation sites (N-methyl/N-ethyl adjacent to an activating group) is 1. The van der Waals surface area contributed by atoms with E-state index < -0.39 is 0 Å². The summed E-state index contributed by atoms with van der Waals surface area (Å²) in [7, 11) is 1.97. The maximum Gasteiger partial charge on any atom is 0.0945 e. The van der Waals surface area contributed by atoms with Crippen molar-refractivity contribution in [1.82, 2.24) is 15.3 Å². The smallest absolute Gasteiger partial charge is 0.0945 e.